The van der Waals surface area contributed by atoms with Crippen molar-refractivity contribution in [2.75, 3.05) is 7.11 Å². The summed E-state index contributed by atoms with van der Waals surface area (Å²) in [5, 5.41) is 15.2. The largest absolute Gasteiger partial charge is 0.496 e. The van der Waals surface area contributed by atoms with Crippen molar-refractivity contribution >= 4 is 5.69 Å². The highest BCUT2D eigenvalue weighted by Crippen LogP contribution is 2.37. The Balaban J connectivity index is 2.74. The van der Waals surface area contributed by atoms with E-state index >= 15 is 0 Å². The lowest BCUT2D eigenvalue weighted by Crippen LogP contribution is -1.98. The van der Waals surface area contributed by atoms with E-state index in [0.717, 1.165) is 0 Å². The summed E-state index contributed by atoms with van der Waals surface area (Å²) in [6, 6.07) is 7.17. The predicted molar refractivity (Wildman–Crippen MR) is 66.6 cm³/mol. The molecular formula is C12H13N3O3. The highest BCUT2D eigenvalue weighted by atomic mass is 16.6. The first-order valence-corrected chi connectivity index (χ1v) is 5.37. The molecule has 0 radical (unpaired) electrons. The lowest BCUT2D eigenvalue weighted by molar-refractivity contribution is -0.384. The Morgan fingerprint density at radius 2 is 2.06 bits per heavy atom. The molecule has 2 aromatic rings. The first-order chi connectivity index (χ1) is 8.56. The fourth-order valence-electron chi connectivity index (χ4n) is 2.01. The van der Waals surface area contributed by atoms with Gasteiger partial charge < -0.3 is 4.74 Å². The molecule has 1 aromatic carbocycles. The molecule has 1 aromatic heterocycles. The van der Waals surface area contributed by atoms with Crippen LogP contribution in [0.5, 0.6) is 5.75 Å². The third-order valence-corrected chi connectivity index (χ3v) is 2.74. The molecule has 0 unspecified atom stereocenters. The molecule has 0 N–H and O–H groups in total. The van der Waals surface area contributed by atoms with Crippen LogP contribution in [0.1, 0.15) is 5.69 Å². The first kappa shape index (κ1) is 12.1. The lowest BCUT2D eigenvalue weighted by atomic mass is 10.1. The van der Waals surface area contributed by atoms with E-state index in [-0.39, 0.29) is 5.69 Å². The predicted octanol–water partition coefficient (Wildman–Crippen LogP) is 2.31. The third kappa shape index (κ3) is 1.81. The minimum absolute atomic E-state index is 0.0157. The van der Waals surface area contributed by atoms with Gasteiger partial charge in [0.15, 0.2) is 0 Å². The van der Waals surface area contributed by atoms with Gasteiger partial charge >= 0.3 is 5.69 Å². The summed E-state index contributed by atoms with van der Waals surface area (Å²) >= 11 is 0. The third-order valence-electron chi connectivity index (χ3n) is 2.74. The molecule has 0 fully saturated rings. The smallest absolute Gasteiger partial charge is 0.317 e. The fraction of sp³-hybridized carbons (Fsp3) is 0.250. The molecule has 0 atom stereocenters. The van der Waals surface area contributed by atoms with Gasteiger partial charge in [0.05, 0.1) is 12.0 Å². The van der Waals surface area contributed by atoms with E-state index in [1.165, 1.54) is 11.8 Å². The van der Waals surface area contributed by atoms with Gasteiger partial charge in [0.1, 0.15) is 17.1 Å². The number of methoxy groups -OCH3 is 1. The zero-order valence-electron chi connectivity index (χ0n) is 10.4. The first-order valence-electron chi connectivity index (χ1n) is 5.37. The molecule has 6 heteroatoms. The maximum absolute atomic E-state index is 11.1. The number of benzene rings is 1. The Kier molecular flexibility index (Phi) is 3.01. The summed E-state index contributed by atoms with van der Waals surface area (Å²) in [4.78, 5) is 10.7. The Labute approximate surface area is 104 Å². The van der Waals surface area contributed by atoms with Crippen molar-refractivity contribution in [3.8, 4) is 17.0 Å². The molecule has 0 aliphatic carbocycles. The van der Waals surface area contributed by atoms with Gasteiger partial charge in [-0.15, -0.1) is 0 Å². The molecule has 1 heterocycles. The number of hydrogen-bond donors (Lipinski definition) is 0. The van der Waals surface area contributed by atoms with Crippen molar-refractivity contribution in [2.45, 2.75) is 6.92 Å². The zero-order valence-corrected chi connectivity index (χ0v) is 10.4. The number of nitro groups is 1. The Morgan fingerprint density at radius 3 is 2.67 bits per heavy atom. The van der Waals surface area contributed by atoms with E-state index in [4.69, 9.17) is 4.74 Å². The molecule has 0 bridgehead atoms. The van der Waals surface area contributed by atoms with E-state index in [0.29, 0.717) is 22.7 Å². The molecule has 2 rings (SSSR count). The van der Waals surface area contributed by atoms with Gasteiger partial charge in [-0.2, -0.15) is 5.10 Å². The van der Waals surface area contributed by atoms with E-state index in [1.807, 2.05) is 12.1 Å². The standard InChI is InChI=1S/C12H13N3O3/c1-8-11(15(16)17)12(14(2)13-8)9-6-4-5-7-10(9)18-3/h4-7H,1-3H3. The van der Waals surface area contributed by atoms with Gasteiger partial charge in [-0.3, -0.25) is 14.8 Å². The molecule has 0 amide bonds. The molecule has 0 saturated carbocycles. The normalized spacial score (nSPS) is 10.4. The van der Waals surface area contributed by atoms with Crippen LogP contribution in [0.25, 0.3) is 11.3 Å². The Morgan fingerprint density at radius 1 is 1.39 bits per heavy atom. The monoisotopic (exact) mass is 247 g/mol. The van der Waals surface area contributed by atoms with Crippen LogP contribution < -0.4 is 4.74 Å². The van der Waals surface area contributed by atoms with E-state index < -0.39 is 4.92 Å². The average molecular weight is 247 g/mol. The maximum Gasteiger partial charge on any atom is 0.317 e. The molecular weight excluding hydrogens is 234 g/mol. The topological polar surface area (TPSA) is 70.2 Å². The summed E-state index contributed by atoms with van der Waals surface area (Å²) in [6.45, 7) is 1.62. The summed E-state index contributed by atoms with van der Waals surface area (Å²) < 4.78 is 6.74. The van der Waals surface area contributed by atoms with Crippen LogP contribution in [0.2, 0.25) is 0 Å². The number of para-hydroxylation sites is 1. The fourth-order valence-corrected chi connectivity index (χ4v) is 2.01. The molecule has 0 spiro atoms. The van der Waals surface area contributed by atoms with Crippen molar-refractivity contribution < 1.29 is 9.66 Å². The highest BCUT2D eigenvalue weighted by molar-refractivity contribution is 5.76. The van der Waals surface area contributed by atoms with E-state index in [1.54, 1.807) is 26.1 Å². The second kappa shape index (κ2) is 4.48. The van der Waals surface area contributed by atoms with Crippen molar-refractivity contribution in [3.05, 3.63) is 40.1 Å². The van der Waals surface area contributed by atoms with Crippen molar-refractivity contribution in [1.82, 2.24) is 9.78 Å². The summed E-state index contributed by atoms with van der Waals surface area (Å²) in [5.41, 5.74) is 1.52. The van der Waals surface area contributed by atoms with Crippen LogP contribution in [-0.4, -0.2) is 21.8 Å². The second-order valence-electron chi connectivity index (χ2n) is 3.86. The minimum atomic E-state index is -0.413. The van der Waals surface area contributed by atoms with Crippen LogP contribution in [0.15, 0.2) is 24.3 Å². The van der Waals surface area contributed by atoms with E-state index in [9.17, 15) is 10.1 Å². The highest BCUT2D eigenvalue weighted by Gasteiger charge is 2.26. The van der Waals surface area contributed by atoms with Gasteiger partial charge in [-0.25, -0.2) is 0 Å². The molecule has 0 aliphatic rings. The number of ether oxygens (including phenoxy) is 1. The van der Waals surface area contributed by atoms with E-state index in [2.05, 4.69) is 5.10 Å². The van der Waals surface area contributed by atoms with Gasteiger partial charge in [0.25, 0.3) is 0 Å². The Bertz CT molecular complexity index is 605. The van der Waals surface area contributed by atoms with Crippen molar-refractivity contribution in [3.63, 3.8) is 0 Å². The molecule has 0 aliphatic heterocycles. The lowest BCUT2D eigenvalue weighted by Gasteiger charge is -2.07. The molecule has 94 valence electrons. The van der Waals surface area contributed by atoms with Gasteiger partial charge in [0, 0.05) is 12.6 Å². The number of aryl methyl sites for hydroxylation is 2. The summed E-state index contributed by atoms with van der Waals surface area (Å²) in [6.07, 6.45) is 0. The number of nitrogens with zero attached hydrogens (tertiary/aromatic N) is 3. The maximum atomic E-state index is 11.1. The van der Waals surface area contributed by atoms with Crippen molar-refractivity contribution in [2.24, 2.45) is 7.05 Å². The van der Waals surface area contributed by atoms with Crippen LogP contribution >= 0.6 is 0 Å². The SMILES string of the molecule is COc1ccccc1-c1c([N+](=O)[O-])c(C)nn1C. The summed E-state index contributed by atoms with van der Waals surface area (Å²) in [5.74, 6) is 0.587. The summed E-state index contributed by atoms with van der Waals surface area (Å²) in [7, 11) is 3.22. The van der Waals surface area contributed by atoms with Gasteiger partial charge in [-0.1, -0.05) is 12.1 Å². The van der Waals surface area contributed by atoms with Crippen LogP contribution in [0.4, 0.5) is 5.69 Å². The molecule has 18 heavy (non-hydrogen) atoms. The molecule has 6 nitrogen and oxygen atoms in total. The van der Waals surface area contributed by atoms with Gasteiger partial charge in [-0.05, 0) is 19.1 Å². The average Bonchev–Trinajstić information content (AvgIpc) is 2.64. The minimum Gasteiger partial charge on any atom is -0.496 e. The van der Waals surface area contributed by atoms with Crippen molar-refractivity contribution in [1.29, 1.82) is 0 Å². The molecule has 0 saturated heterocycles. The van der Waals surface area contributed by atoms with Crippen LogP contribution in [-0.2, 0) is 7.05 Å². The zero-order chi connectivity index (χ0) is 13.3. The van der Waals surface area contributed by atoms with Gasteiger partial charge in [0.2, 0.25) is 0 Å². The number of aromatic nitrogens is 2. The van der Waals surface area contributed by atoms with Crippen LogP contribution in [0.3, 0.4) is 0 Å². The quantitative estimate of drug-likeness (QED) is 0.616. The second-order valence-corrected chi connectivity index (χ2v) is 3.86. The van der Waals surface area contributed by atoms with Crippen LogP contribution in [0, 0.1) is 17.0 Å². The number of rotatable bonds is 3. The Hall–Kier alpha value is -2.37. The number of hydrogen-bond acceptors (Lipinski definition) is 4.